The van der Waals surface area contributed by atoms with Gasteiger partial charge in [0.05, 0.1) is 0 Å². The van der Waals surface area contributed by atoms with Crippen LogP contribution in [0.25, 0.3) is 0 Å². The molecule has 0 spiro atoms. The zero-order chi connectivity index (χ0) is 15.4. The molecule has 2 N–H and O–H groups in total. The van der Waals surface area contributed by atoms with Gasteiger partial charge in [0.1, 0.15) is 0 Å². The summed E-state index contributed by atoms with van der Waals surface area (Å²) in [5.74, 6) is 2.87. The standard InChI is InChI=1S/C18H34N4.HI/c1-3-6-15-11-17(15)21-18(19-2)20-16-9-10-22(13-16)12-14-7-4-5-8-14;/h14-17H,3-13H2,1-2H3,(H2,19,20,21);1H. The number of hydrogen-bond donors (Lipinski definition) is 2. The number of nitrogens with zero attached hydrogens (tertiary/aromatic N) is 2. The quantitative estimate of drug-likeness (QED) is 0.383. The Morgan fingerprint density at radius 1 is 1.17 bits per heavy atom. The van der Waals surface area contributed by atoms with E-state index < -0.39 is 0 Å². The number of halogens is 1. The third-order valence-electron chi connectivity index (χ3n) is 5.73. The minimum absolute atomic E-state index is 0. The zero-order valence-corrected chi connectivity index (χ0v) is 17.2. The maximum atomic E-state index is 4.43. The summed E-state index contributed by atoms with van der Waals surface area (Å²) < 4.78 is 0. The molecule has 4 nitrogen and oxygen atoms in total. The second kappa shape index (κ2) is 9.44. The van der Waals surface area contributed by atoms with Gasteiger partial charge >= 0.3 is 0 Å². The maximum absolute atomic E-state index is 4.43. The molecule has 0 radical (unpaired) electrons. The van der Waals surface area contributed by atoms with Gasteiger partial charge in [0.25, 0.3) is 0 Å². The minimum atomic E-state index is 0. The number of nitrogens with one attached hydrogen (secondary N) is 2. The van der Waals surface area contributed by atoms with E-state index in [9.17, 15) is 0 Å². The molecule has 0 aromatic heterocycles. The van der Waals surface area contributed by atoms with Gasteiger partial charge in [0.2, 0.25) is 0 Å². The second-order valence-electron chi connectivity index (χ2n) is 7.65. The van der Waals surface area contributed by atoms with Crippen LogP contribution in [0.15, 0.2) is 4.99 Å². The van der Waals surface area contributed by atoms with E-state index in [1.165, 1.54) is 71.0 Å². The fraction of sp³-hybridized carbons (Fsp3) is 0.944. The molecule has 3 atom stereocenters. The lowest BCUT2D eigenvalue weighted by Gasteiger charge is -2.21. The third-order valence-corrected chi connectivity index (χ3v) is 5.73. The van der Waals surface area contributed by atoms with Crippen molar-refractivity contribution in [2.24, 2.45) is 16.8 Å². The molecule has 3 unspecified atom stereocenters. The van der Waals surface area contributed by atoms with E-state index in [1.807, 2.05) is 7.05 Å². The van der Waals surface area contributed by atoms with Crippen molar-refractivity contribution in [1.82, 2.24) is 15.5 Å². The molecule has 3 rings (SSSR count). The van der Waals surface area contributed by atoms with Gasteiger partial charge in [-0.15, -0.1) is 24.0 Å². The van der Waals surface area contributed by atoms with Gasteiger partial charge in [-0.2, -0.15) is 0 Å². The van der Waals surface area contributed by atoms with E-state index in [1.54, 1.807) is 0 Å². The molecule has 3 aliphatic rings. The highest BCUT2D eigenvalue weighted by atomic mass is 127. The lowest BCUT2D eigenvalue weighted by molar-refractivity contribution is 0.275. The summed E-state index contributed by atoms with van der Waals surface area (Å²) in [4.78, 5) is 7.10. The maximum Gasteiger partial charge on any atom is 0.191 e. The van der Waals surface area contributed by atoms with E-state index in [0.717, 1.165) is 17.8 Å². The van der Waals surface area contributed by atoms with Crippen LogP contribution in [-0.4, -0.2) is 49.6 Å². The molecule has 0 aromatic rings. The van der Waals surface area contributed by atoms with Crippen molar-refractivity contribution in [1.29, 1.82) is 0 Å². The molecule has 1 saturated heterocycles. The first kappa shape index (κ1) is 19.3. The van der Waals surface area contributed by atoms with E-state index >= 15 is 0 Å². The summed E-state index contributed by atoms with van der Waals surface area (Å²) in [6.07, 6.45) is 11.1. The van der Waals surface area contributed by atoms with Crippen LogP contribution in [-0.2, 0) is 0 Å². The van der Waals surface area contributed by atoms with E-state index in [2.05, 4.69) is 27.4 Å². The largest absolute Gasteiger partial charge is 0.353 e. The van der Waals surface area contributed by atoms with Crippen molar-refractivity contribution in [3.8, 4) is 0 Å². The Morgan fingerprint density at radius 3 is 2.65 bits per heavy atom. The molecule has 1 aliphatic heterocycles. The Kier molecular flexibility index (Phi) is 7.92. The first-order valence-electron chi connectivity index (χ1n) is 9.50. The SMILES string of the molecule is CCCC1CC1NC(=NC)NC1CCN(CC2CCCC2)C1.I. The molecule has 0 aromatic carbocycles. The number of hydrogen-bond acceptors (Lipinski definition) is 2. The Bertz CT molecular complexity index is 381. The van der Waals surface area contributed by atoms with Crippen LogP contribution in [0.3, 0.4) is 0 Å². The first-order chi connectivity index (χ1) is 10.8. The van der Waals surface area contributed by atoms with Gasteiger partial charge in [-0.05, 0) is 43.9 Å². The Labute approximate surface area is 159 Å². The summed E-state index contributed by atoms with van der Waals surface area (Å²) in [6, 6.07) is 1.25. The van der Waals surface area contributed by atoms with Crippen molar-refractivity contribution in [3.05, 3.63) is 0 Å². The van der Waals surface area contributed by atoms with Gasteiger partial charge in [0, 0.05) is 38.8 Å². The summed E-state index contributed by atoms with van der Waals surface area (Å²) in [5.41, 5.74) is 0. The Morgan fingerprint density at radius 2 is 1.96 bits per heavy atom. The number of guanidine groups is 1. The van der Waals surface area contributed by atoms with E-state index in [4.69, 9.17) is 0 Å². The lowest BCUT2D eigenvalue weighted by Crippen LogP contribution is -2.45. The molecule has 3 fully saturated rings. The average molecular weight is 434 g/mol. The molecule has 2 saturated carbocycles. The number of likely N-dealkylation sites (tertiary alicyclic amines) is 1. The van der Waals surface area contributed by atoms with Crippen LogP contribution >= 0.6 is 24.0 Å². The smallest absolute Gasteiger partial charge is 0.191 e. The van der Waals surface area contributed by atoms with E-state index in [0.29, 0.717) is 12.1 Å². The highest BCUT2D eigenvalue weighted by molar-refractivity contribution is 14.0. The van der Waals surface area contributed by atoms with E-state index in [-0.39, 0.29) is 24.0 Å². The van der Waals surface area contributed by atoms with Crippen LogP contribution in [0.1, 0.15) is 58.3 Å². The average Bonchev–Trinajstić information content (AvgIpc) is 2.93. The highest BCUT2D eigenvalue weighted by Gasteiger charge is 2.37. The summed E-state index contributed by atoms with van der Waals surface area (Å²) >= 11 is 0. The van der Waals surface area contributed by atoms with Crippen LogP contribution in [0.2, 0.25) is 0 Å². The number of rotatable bonds is 6. The normalized spacial score (nSPS) is 31.9. The van der Waals surface area contributed by atoms with Crippen molar-refractivity contribution in [2.75, 3.05) is 26.7 Å². The Hall–Kier alpha value is -0.0400. The highest BCUT2D eigenvalue weighted by Crippen LogP contribution is 2.34. The topological polar surface area (TPSA) is 39.7 Å². The van der Waals surface area contributed by atoms with Crippen LogP contribution in [0, 0.1) is 11.8 Å². The monoisotopic (exact) mass is 434 g/mol. The number of aliphatic imine (C=N–C) groups is 1. The van der Waals surface area contributed by atoms with Crippen LogP contribution in [0.5, 0.6) is 0 Å². The first-order valence-corrected chi connectivity index (χ1v) is 9.50. The zero-order valence-electron chi connectivity index (χ0n) is 14.9. The molecular formula is C18H35IN4. The summed E-state index contributed by atoms with van der Waals surface area (Å²) in [7, 11) is 1.90. The van der Waals surface area contributed by atoms with Gasteiger partial charge < -0.3 is 15.5 Å². The molecule has 23 heavy (non-hydrogen) atoms. The summed E-state index contributed by atoms with van der Waals surface area (Å²) in [5, 5.41) is 7.26. The molecular weight excluding hydrogens is 399 g/mol. The molecule has 134 valence electrons. The fourth-order valence-electron chi connectivity index (χ4n) is 4.33. The fourth-order valence-corrected chi connectivity index (χ4v) is 4.33. The third kappa shape index (κ3) is 5.76. The predicted molar refractivity (Wildman–Crippen MR) is 109 cm³/mol. The van der Waals surface area contributed by atoms with Gasteiger partial charge in [0.15, 0.2) is 5.96 Å². The molecule has 1 heterocycles. The summed E-state index contributed by atoms with van der Waals surface area (Å²) in [6.45, 7) is 6.05. The van der Waals surface area contributed by atoms with Gasteiger partial charge in [-0.1, -0.05) is 26.2 Å². The molecule has 2 aliphatic carbocycles. The Balaban J connectivity index is 0.00000192. The molecule has 5 heteroatoms. The predicted octanol–water partition coefficient (Wildman–Crippen LogP) is 3.22. The van der Waals surface area contributed by atoms with Gasteiger partial charge in [-0.25, -0.2) is 0 Å². The van der Waals surface area contributed by atoms with Crippen LogP contribution < -0.4 is 10.6 Å². The van der Waals surface area contributed by atoms with Crippen molar-refractivity contribution in [2.45, 2.75) is 70.4 Å². The lowest BCUT2D eigenvalue weighted by atomic mass is 10.1. The minimum Gasteiger partial charge on any atom is -0.353 e. The van der Waals surface area contributed by atoms with Crippen molar-refractivity contribution >= 4 is 29.9 Å². The van der Waals surface area contributed by atoms with Crippen molar-refractivity contribution < 1.29 is 0 Å². The molecule has 0 bridgehead atoms. The van der Waals surface area contributed by atoms with Crippen molar-refractivity contribution in [3.63, 3.8) is 0 Å². The second-order valence-corrected chi connectivity index (χ2v) is 7.65. The van der Waals surface area contributed by atoms with Gasteiger partial charge in [-0.3, -0.25) is 4.99 Å². The molecule has 0 amide bonds. The van der Waals surface area contributed by atoms with Crippen LogP contribution in [0.4, 0.5) is 0 Å².